The van der Waals surface area contributed by atoms with Gasteiger partial charge in [-0.25, -0.2) is 9.55 Å². The SMILES string of the molecule is CCc1nc2ccc(Cl)cc2c(=O)n1-c1n[nH]c2ccccc12. The van der Waals surface area contributed by atoms with E-state index in [1.165, 1.54) is 0 Å². The van der Waals surface area contributed by atoms with Gasteiger partial charge in [-0.1, -0.05) is 30.7 Å². The number of aryl methyl sites for hydroxylation is 1. The number of rotatable bonds is 2. The molecule has 2 heterocycles. The Morgan fingerprint density at radius 2 is 2.00 bits per heavy atom. The van der Waals surface area contributed by atoms with E-state index in [9.17, 15) is 4.79 Å². The highest BCUT2D eigenvalue weighted by atomic mass is 35.5. The Labute approximate surface area is 136 Å². The van der Waals surface area contributed by atoms with Gasteiger partial charge >= 0.3 is 0 Å². The molecule has 1 N–H and O–H groups in total. The minimum absolute atomic E-state index is 0.161. The molecule has 0 aliphatic rings. The summed E-state index contributed by atoms with van der Waals surface area (Å²) in [5.41, 5.74) is 1.36. The lowest BCUT2D eigenvalue weighted by atomic mass is 10.2. The summed E-state index contributed by atoms with van der Waals surface area (Å²) in [6.45, 7) is 1.97. The molecule has 4 aromatic rings. The standard InChI is InChI=1S/C17H13ClN4O/c1-2-15-19-13-8-7-10(18)9-12(13)17(23)22(15)16-11-5-3-4-6-14(11)20-21-16/h3-9H,2H2,1H3,(H,20,21). The lowest BCUT2D eigenvalue weighted by molar-refractivity contribution is 0.810. The van der Waals surface area contributed by atoms with Crippen molar-refractivity contribution in [1.29, 1.82) is 0 Å². The Morgan fingerprint density at radius 3 is 2.83 bits per heavy atom. The van der Waals surface area contributed by atoms with Gasteiger partial charge in [0.15, 0.2) is 5.82 Å². The highest BCUT2D eigenvalue weighted by Gasteiger charge is 2.16. The number of benzene rings is 2. The van der Waals surface area contributed by atoms with Crippen LogP contribution >= 0.6 is 11.6 Å². The van der Waals surface area contributed by atoms with Gasteiger partial charge in [-0.2, -0.15) is 5.10 Å². The van der Waals surface area contributed by atoms with Crippen LogP contribution in [0.5, 0.6) is 0 Å². The lowest BCUT2D eigenvalue weighted by Gasteiger charge is -2.10. The van der Waals surface area contributed by atoms with Crippen molar-refractivity contribution in [3.05, 3.63) is 63.7 Å². The van der Waals surface area contributed by atoms with E-state index in [4.69, 9.17) is 11.6 Å². The number of aromatic nitrogens is 4. The number of halogens is 1. The summed E-state index contributed by atoms with van der Waals surface area (Å²) < 4.78 is 1.57. The summed E-state index contributed by atoms with van der Waals surface area (Å²) in [5.74, 6) is 1.24. The maximum atomic E-state index is 13.0. The number of hydrogen-bond donors (Lipinski definition) is 1. The van der Waals surface area contributed by atoms with Gasteiger partial charge in [0, 0.05) is 16.8 Å². The molecule has 0 unspecified atom stereocenters. The maximum Gasteiger partial charge on any atom is 0.267 e. The minimum Gasteiger partial charge on any atom is -0.276 e. The van der Waals surface area contributed by atoms with Crippen LogP contribution in [0.4, 0.5) is 0 Å². The van der Waals surface area contributed by atoms with Crippen molar-refractivity contribution in [2.75, 3.05) is 0 Å². The first-order valence-corrected chi connectivity index (χ1v) is 7.71. The summed E-state index contributed by atoms with van der Waals surface area (Å²) >= 11 is 6.04. The molecule has 0 fully saturated rings. The fraction of sp³-hybridized carbons (Fsp3) is 0.118. The van der Waals surface area contributed by atoms with Crippen molar-refractivity contribution in [2.24, 2.45) is 0 Å². The molecular formula is C17H13ClN4O. The Balaban J connectivity index is 2.13. The second-order valence-electron chi connectivity index (χ2n) is 5.28. The van der Waals surface area contributed by atoms with Gasteiger partial charge in [0.1, 0.15) is 5.82 Å². The molecule has 4 rings (SSSR count). The van der Waals surface area contributed by atoms with Crippen LogP contribution in [-0.4, -0.2) is 19.7 Å². The molecule has 0 aliphatic heterocycles. The quantitative estimate of drug-likeness (QED) is 0.614. The van der Waals surface area contributed by atoms with Crippen LogP contribution in [0.1, 0.15) is 12.7 Å². The van der Waals surface area contributed by atoms with Crippen LogP contribution in [0, 0.1) is 0 Å². The summed E-state index contributed by atoms with van der Waals surface area (Å²) in [7, 11) is 0. The highest BCUT2D eigenvalue weighted by molar-refractivity contribution is 6.31. The molecule has 2 aromatic heterocycles. The molecule has 0 aliphatic carbocycles. The second kappa shape index (κ2) is 5.21. The fourth-order valence-corrected chi connectivity index (χ4v) is 2.95. The average molecular weight is 325 g/mol. The van der Waals surface area contributed by atoms with Crippen LogP contribution in [-0.2, 0) is 6.42 Å². The summed E-state index contributed by atoms with van der Waals surface area (Å²) in [4.78, 5) is 17.6. The van der Waals surface area contributed by atoms with Crippen molar-refractivity contribution < 1.29 is 0 Å². The van der Waals surface area contributed by atoms with E-state index in [2.05, 4.69) is 15.2 Å². The van der Waals surface area contributed by atoms with Gasteiger partial charge in [0.25, 0.3) is 5.56 Å². The van der Waals surface area contributed by atoms with E-state index in [0.29, 0.717) is 34.0 Å². The van der Waals surface area contributed by atoms with Gasteiger partial charge in [-0.3, -0.25) is 9.89 Å². The minimum atomic E-state index is -0.161. The molecule has 2 aromatic carbocycles. The Bertz CT molecular complexity index is 1100. The zero-order valence-corrected chi connectivity index (χ0v) is 13.1. The molecule has 0 saturated carbocycles. The number of hydrogen-bond acceptors (Lipinski definition) is 3. The summed E-state index contributed by atoms with van der Waals surface area (Å²) in [6, 6.07) is 12.9. The molecule has 0 amide bonds. The topological polar surface area (TPSA) is 63.6 Å². The molecule has 0 radical (unpaired) electrons. The molecule has 0 bridgehead atoms. The number of fused-ring (bicyclic) bond motifs is 2. The monoisotopic (exact) mass is 324 g/mol. The number of H-pyrrole nitrogens is 1. The summed E-state index contributed by atoms with van der Waals surface area (Å²) in [6.07, 6.45) is 0.620. The molecule has 0 spiro atoms. The summed E-state index contributed by atoms with van der Waals surface area (Å²) in [5, 5.41) is 9.17. The molecule has 5 nitrogen and oxygen atoms in total. The van der Waals surface area contributed by atoms with Gasteiger partial charge in [-0.15, -0.1) is 0 Å². The van der Waals surface area contributed by atoms with Gasteiger partial charge in [-0.05, 0) is 30.3 Å². The molecule has 0 saturated heterocycles. The smallest absolute Gasteiger partial charge is 0.267 e. The second-order valence-corrected chi connectivity index (χ2v) is 5.71. The lowest BCUT2D eigenvalue weighted by Crippen LogP contribution is -2.24. The van der Waals surface area contributed by atoms with Crippen LogP contribution in [0.25, 0.3) is 27.6 Å². The average Bonchev–Trinajstić information content (AvgIpc) is 2.99. The van der Waals surface area contributed by atoms with E-state index in [0.717, 1.165) is 10.9 Å². The fourth-order valence-electron chi connectivity index (χ4n) is 2.78. The van der Waals surface area contributed by atoms with Crippen LogP contribution in [0.2, 0.25) is 5.02 Å². The van der Waals surface area contributed by atoms with Crippen LogP contribution in [0.3, 0.4) is 0 Å². The normalized spacial score (nSPS) is 11.4. The van der Waals surface area contributed by atoms with E-state index in [1.807, 2.05) is 31.2 Å². The van der Waals surface area contributed by atoms with Crippen molar-refractivity contribution in [3.8, 4) is 5.82 Å². The molecule has 0 atom stereocenters. The molecule has 23 heavy (non-hydrogen) atoms. The first-order valence-electron chi connectivity index (χ1n) is 7.33. The highest BCUT2D eigenvalue weighted by Crippen LogP contribution is 2.21. The number of nitrogens with zero attached hydrogens (tertiary/aromatic N) is 3. The zero-order chi connectivity index (χ0) is 16.0. The zero-order valence-electron chi connectivity index (χ0n) is 12.4. The van der Waals surface area contributed by atoms with Crippen molar-refractivity contribution >= 4 is 33.4 Å². The van der Waals surface area contributed by atoms with Gasteiger partial charge in [0.05, 0.1) is 16.4 Å². The third-order valence-corrected chi connectivity index (χ3v) is 4.11. The Kier molecular flexibility index (Phi) is 3.16. The molecular weight excluding hydrogens is 312 g/mol. The van der Waals surface area contributed by atoms with Gasteiger partial charge < -0.3 is 0 Å². The predicted octanol–water partition coefficient (Wildman–Crippen LogP) is 3.48. The molecule has 114 valence electrons. The van der Waals surface area contributed by atoms with E-state index >= 15 is 0 Å². The third-order valence-electron chi connectivity index (χ3n) is 3.88. The van der Waals surface area contributed by atoms with E-state index in [1.54, 1.807) is 22.8 Å². The molecule has 6 heteroatoms. The van der Waals surface area contributed by atoms with Crippen molar-refractivity contribution in [1.82, 2.24) is 19.7 Å². The van der Waals surface area contributed by atoms with E-state index in [-0.39, 0.29) is 5.56 Å². The van der Waals surface area contributed by atoms with E-state index < -0.39 is 0 Å². The predicted molar refractivity (Wildman–Crippen MR) is 91.4 cm³/mol. The van der Waals surface area contributed by atoms with Gasteiger partial charge in [0.2, 0.25) is 0 Å². The Hall–Kier alpha value is -2.66. The first-order chi connectivity index (χ1) is 11.2. The Morgan fingerprint density at radius 1 is 1.17 bits per heavy atom. The first kappa shape index (κ1) is 14.0. The third kappa shape index (κ3) is 2.12. The maximum absolute atomic E-state index is 13.0. The van der Waals surface area contributed by atoms with Crippen LogP contribution in [0.15, 0.2) is 47.3 Å². The largest absolute Gasteiger partial charge is 0.276 e. The van der Waals surface area contributed by atoms with Crippen molar-refractivity contribution in [2.45, 2.75) is 13.3 Å². The number of para-hydroxylation sites is 1. The number of aromatic amines is 1. The number of nitrogens with one attached hydrogen (secondary N) is 1. The van der Waals surface area contributed by atoms with Crippen molar-refractivity contribution in [3.63, 3.8) is 0 Å². The van der Waals surface area contributed by atoms with Crippen LogP contribution < -0.4 is 5.56 Å².